The summed E-state index contributed by atoms with van der Waals surface area (Å²) in [7, 11) is 0. The molecule has 0 aliphatic carbocycles. The molecule has 124 valence electrons. The quantitative estimate of drug-likeness (QED) is 0.703. The van der Waals surface area contributed by atoms with Crippen molar-refractivity contribution in [3.8, 4) is 17.2 Å². The van der Waals surface area contributed by atoms with E-state index in [0.717, 1.165) is 23.6 Å². The molecule has 3 aromatic rings. The van der Waals surface area contributed by atoms with Gasteiger partial charge >= 0.3 is 0 Å². The second-order valence-electron chi connectivity index (χ2n) is 5.63. The van der Waals surface area contributed by atoms with Gasteiger partial charge in [-0.05, 0) is 43.2 Å². The lowest BCUT2D eigenvalue weighted by atomic mass is 10.1. The molecule has 24 heavy (non-hydrogen) atoms. The van der Waals surface area contributed by atoms with E-state index in [1.807, 2.05) is 31.2 Å². The third-order valence-electron chi connectivity index (χ3n) is 3.83. The molecule has 0 atom stereocenters. The molecule has 0 spiro atoms. The van der Waals surface area contributed by atoms with Crippen LogP contribution in [-0.2, 0) is 13.1 Å². The molecule has 2 aromatic carbocycles. The first-order chi connectivity index (χ1) is 11.8. The molecule has 0 saturated heterocycles. The summed E-state index contributed by atoms with van der Waals surface area (Å²) in [5.74, 6) is 1.44. The molecule has 4 heteroatoms. The minimum Gasteiger partial charge on any atom is -0.494 e. The van der Waals surface area contributed by atoms with Gasteiger partial charge in [-0.15, -0.1) is 0 Å². The number of benzene rings is 2. The zero-order chi connectivity index (χ0) is 16.8. The van der Waals surface area contributed by atoms with Crippen LogP contribution in [0.4, 0.5) is 0 Å². The van der Waals surface area contributed by atoms with Crippen LogP contribution in [0.1, 0.15) is 23.7 Å². The minimum absolute atomic E-state index is 0.615. The Hall–Kier alpha value is -2.59. The van der Waals surface area contributed by atoms with Gasteiger partial charge in [0, 0.05) is 18.7 Å². The summed E-state index contributed by atoms with van der Waals surface area (Å²) < 4.78 is 11.1. The van der Waals surface area contributed by atoms with Crippen LogP contribution in [0, 0.1) is 6.92 Å². The molecule has 0 fully saturated rings. The van der Waals surface area contributed by atoms with E-state index in [-0.39, 0.29) is 0 Å². The molecule has 0 saturated carbocycles. The molecule has 0 bridgehead atoms. The highest BCUT2D eigenvalue weighted by atomic mass is 16.5. The number of nitrogens with zero attached hydrogens (tertiary/aromatic N) is 1. The van der Waals surface area contributed by atoms with Crippen LogP contribution in [0.5, 0.6) is 5.75 Å². The highest BCUT2D eigenvalue weighted by Gasteiger charge is 2.08. The predicted molar refractivity (Wildman–Crippen MR) is 94.8 cm³/mol. The second-order valence-corrected chi connectivity index (χ2v) is 5.63. The van der Waals surface area contributed by atoms with E-state index in [0.29, 0.717) is 19.0 Å². The topological polar surface area (TPSA) is 47.3 Å². The molecule has 0 unspecified atom stereocenters. The lowest BCUT2D eigenvalue weighted by Gasteiger charge is -2.05. The van der Waals surface area contributed by atoms with E-state index in [9.17, 15) is 0 Å². The fourth-order valence-electron chi connectivity index (χ4n) is 2.54. The van der Waals surface area contributed by atoms with Crippen LogP contribution in [-0.4, -0.2) is 11.6 Å². The summed E-state index contributed by atoms with van der Waals surface area (Å²) >= 11 is 0. The van der Waals surface area contributed by atoms with Crippen molar-refractivity contribution in [2.75, 3.05) is 6.61 Å². The second kappa shape index (κ2) is 7.79. The average Bonchev–Trinajstić information content (AvgIpc) is 3.06. The van der Waals surface area contributed by atoms with Crippen molar-refractivity contribution in [3.05, 3.63) is 71.6 Å². The fourth-order valence-corrected chi connectivity index (χ4v) is 2.54. The molecular formula is C20H22N2O2. The van der Waals surface area contributed by atoms with Crippen molar-refractivity contribution >= 4 is 0 Å². The van der Waals surface area contributed by atoms with Crippen molar-refractivity contribution in [1.82, 2.24) is 10.3 Å². The van der Waals surface area contributed by atoms with Gasteiger partial charge in [0.1, 0.15) is 12.0 Å². The van der Waals surface area contributed by atoms with Crippen molar-refractivity contribution in [3.63, 3.8) is 0 Å². The minimum atomic E-state index is 0.615. The van der Waals surface area contributed by atoms with Gasteiger partial charge < -0.3 is 14.5 Å². The molecule has 0 aliphatic heterocycles. The highest BCUT2D eigenvalue weighted by Crippen LogP contribution is 2.23. The van der Waals surface area contributed by atoms with Gasteiger partial charge in [0.15, 0.2) is 0 Å². The van der Waals surface area contributed by atoms with Crippen LogP contribution in [0.3, 0.4) is 0 Å². The maximum atomic E-state index is 5.60. The summed E-state index contributed by atoms with van der Waals surface area (Å²) in [6.07, 6.45) is 1.70. The van der Waals surface area contributed by atoms with Gasteiger partial charge in [-0.25, -0.2) is 4.98 Å². The Labute approximate surface area is 142 Å². The third kappa shape index (κ3) is 4.03. The lowest BCUT2D eigenvalue weighted by Crippen LogP contribution is -2.13. The number of ether oxygens (including phenoxy) is 1. The standard InChI is InChI=1S/C20H22N2O2/c1-3-23-19-10-6-9-16(11-19)20-22-18(14-24-20)13-21-12-17-8-5-4-7-15(17)2/h4-11,14,21H,3,12-13H2,1-2H3. The Morgan fingerprint density at radius 3 is 2.79 bits per heavy atom. The summed E-state index contributed by atoms with van der Waals surface area (Å²) in [6, 6.07) is 16.2. The van der Waals surface area contributed by atoms with Crippen LogP contribution in [0.2, 0.25) is 0 Å². The van der Waals surface area contributed by atoms with Gasteiger partial charge in [0.05, 0.1) is 12.3 Å². The van der Waals surface area contributed by atoms with Crippen molar-refractivity contribution in [1.29, 1.82) is 0 Å². The van der Waals surface area contributed by atoms with Gasteiger partial charge in [0.2, 0.25) is 5.89 Å². The Kier molecular flexibility index (Phi) is 5.29. The first kappa shape index (κ1) is 16.3. The van der Waals surface area contributed by atoms with E-state index < -0.39 is 0 Å². The van der Waals surface area contributed by atoms with Crippen molar-refractivity contribution in [2.45, 2.75) is 26.9 Å². The van der Waals surface area contributed by atoms with E-state index >= 15 is 0 Å². The van der Waals surface area contributed by atoms with Crippen LogP contribution >= 0.6 is 0 Å². The predicted octanol–water partition coefficient (Wildman–Crippen LogP) is 4.34. The van der Waals surface area contributed by atoms with Gasteiger partial charge in [-0.3, -0.25) is 0 Å². The number of oxazole rings is 1. The Bertz CT molecular complexity index is 796. The third-order valence-corrected chi connectivity index (χ3v) is 3.83. The smallest absolute Gasteiger partial charge is 0.226 e. The number of aryl methyl sites for hydroxylation is 1. The van der Waals surface area contributed by atoms with Gasteiger partial charge in [-0.1, -0.05) is 30.3 Å². The molecule has 1 heterocycles. The average molecular weight is 322 g/mol. The molecular weight excluding hydrogens is 300 g/mol. The molecule has 1 N–H and O–H groups in total. The van der Waals surface area contributed by atoms with Crippen LogP contribution in [0.15, 0.2) is 59.2 Å². The Morgan fingerprint density at radius 2 is 1.96 bits per heavy atom. The van der Waals surface area contributed by atoms with Gasteiger partial charge in [0.25, 0.3) is 0 Å². The number of nitrogens with one attached hydrogen (secondary N) is 1. The summed E-state index contributed by atoms with van der Waals surface area (Å²) in [6.45, 7) is 6.22. The molecule has 0 radical (unpaired) electrons. The summed E-state index contributed by atoms with van der Waals surface area (Å²) in [5.41, 5.74) is 4.40. The molecule has 3 rings (SSSR count). The Morgan fingerprint density at radius 1 is 1.08 bits per heavy atom. The number of aromatic nitrogens is 1. The molecule has 4 nitrogen and oxygen atoms in total. The first-order valence-electron chi connectivity index (χ1n) is 8.19. The first-order valence-corrected chi connectivity index (χ1v) is 8.19. The van der Waals surface area contributed by atoms with E-state index in [2.05, 4.69) is 41.5 Å². The SMILES string of the molecule is CCOc1cccc(-c2nc(CNCc3ccccc3C)co2)c1. The lowest BCUT2D eigenvalue weighted by molar-refractivity contribution is 0.340. The summed E-state index contributed by atoms with van der Waals surface area (Å²) in [5, 5.41) is 3.41. The number of rotatable bonds is 7. The largest absolute Gasteiger partial charge is 0.494 e. The van der Waals surface area contributed by atoms with Crippen LogP contribution in [0.25, 0.3) is 11.5 Å². The Balaban J connectivity index is 1.61. The van der Waals surface area contributed by atoms with E-state index in [4.69, 9.17) is 9.15 Å². The molecule has 0 aliphatic rings. The molecule has 0 amide bonds. The number of hydrogen-bond acceptors (Lipinski definition) is 4. The van der Waals surface area contributed by atoms with E-state index in [1.54, 1.807) is 6.26 Å². The number of hydrogen-bond donors (Lipinski definition) is 1. The zero-order valence-electron chi connectivity index (χ0n) is 14.1. The summed E-state index contributed by atoms with van der Waals surface area (Å²) in [4.78, 5) is 4.55. The van der Waals surface area contributed by atoms with Gasteiger partial charge in [-0.2, -0.15) is 0 Å². The molecule has 1 aromatic heterocycles. The monoisotopic (exact) mass is 322 g/mol. The zero-order valence-corrected chi connectivity index (χ0v) is 14.1. The van der Waals surface area contributed by atoms with Crippen molar-refractivity contribution < 1.29 is 9.15 Å². The normalized spacial score (nSPS) is 10.8. The van der Waals surface area contributed by atoms with Crippen LogP contribution < -0.4 is 10.1 Å². The fraction of sp³-hybridized carbons (Fsp3) is 0.250. The van der Waals surface area contributed by atoms with Crippen molar-refractivity contribution in [2.24, 2.45) is 0 Å². The highest BCUT2D eigenvalue weighted by molar-refractivity contribution is 5.56. The maximum absolute atomic E-state index is 5.60. The van der Waals surface area contributed by atoms with E-state index in [1.165, 1.54) is 11.1 Å². The maximum Gasteiger partial charge on any atom is 0.226 e.